The lowest BCUT2D eigenvalue weighted by Gasteiger charge is -2.10. The molecular formula is C15H21N5S. The summed E-state index contributed by atoms with van der Waals surface area (Å²) in [5.74, 6) is 3.36. The second-order valence-corrected chi connectivity index (χ2v) is 6.40. The molecule has 0 saturated heterocycles. The SMILES string of the molecule is CCNc1cc(NCCc2csc(C)n2)nc(C2CC2)n1. The molecule has 0 bridgehead atoms. The van der Waals surface area contributed by atoms with Gasteiger partial charge in [0.25, 0.3) is 0 Å². The van der Waals surface area contributed by atoms with Gasteiger partial charge in [0.15, 0.2) is 0 Å². The zero-order valence-electron chi connectivity index (χ0n) is 12.5. The highest BCUT2D eigenvalue weighted by molar-refractivity contribution is 7.09. The maximum absolute atomic E-state index is 4.63. The molecule has 5 nitrogen and oxygen atoms in total. The third-order valence-corrected chi connectivity index (χ3v) is 4.22. The number of anilines is 2. The van der Waals surface area contributed by atoms with E-state index in [-0.39, 0.29) is 0 Å². The number of nitrogens with zero attached hydrogens (tertiary/aromatic N) is 3. The van der Waals surface area contributed by atoms with E-state index in [1.54, 1.807) is 11.3 Å². The maximum Gasteiger partial charge on any atom is 0.136 e. The fourth-order valence-corrected chi connectivity index (χ4v) is 2.84. The van der Waals surface area contributed by atoms with Crippen molar-refractivity contribution in [1.29, 1.82) is 0 Å². The van der Waals surface area contributed by atoms with Gasteiger partial charge in [-0.15, -0.1) is 11.3 Å². The van der Waals surface area contributed by atoms with Gasteiger partial charge in [0.05, 0.1) is 10.7 Å². The Hall–Kier alpha value is -1.69. The normalized spacial score (nSPS) is 14.2. The van der Waals surface area contributed by atoms with Gasteiger partial charge in [-0.2, -0.15) is 0 Å². The largest absolute Gasteiger partial charge is 0.370 e. The zero-order valence-corrected chi connectivity index (χ0v) is 13.3. The molecule has 112 valence electrons. The van der Waals surface area contributed by atoms with Gasteiger partial charge >= 0.3 is 0 Å². The summed E-state index contributed by atoms with van der Waals surface area (Å²) in [6.45, 7) is 5.84. The van der Waals surface area contributed by atoms with Crippen LogP contribution in [-0.4, -0.2) is 28.0 Å². The van der Waals surface area contributed by atoms with Gasteiger partial charge in [0.2, 0.25) is 0 Å². The average molecular weight is 303 g/mol. The van der Waals surface area contributed by atoms with Gasteiger partial charge in [-0.3, -0.25) is 0 Å². The first-order valence-corrected chi connectivity index (χ1v) is 8.40. The van der Waals surface area contributed by atoms with Crippen molar-refractivity contribution in [2.75, 3.05) is 23.7 Å². The van der Waals surface area contributed by atoms with Gasteiger partial charge < -0.3 is 10.6 Å². The third-order valence-electron chi connectivity index (χ3n) is 3.40. The smallest absolute Gasteiger partial charge is 0.136 e. The van der Waals surface area contributed by atoms with Gasteiger partial charge in [-0.25, -0.2) is 15.0 Å². The predicted molar refractivity (Wildman–Crippen MR) is 87.2 cm³/mol. The maximum atomic E-state index is 4.63. The van der Waals surface area contributed by atoms with Crippen molar-refractivity contribution in [2.24, 2.45) is 0 Å². The van der Waals surface area contributed by atoms with Crippen LogP contribution in [0, 0.1) is 6.92 Å². The highest BCUT2D eigenvalue weighted by Crippen LogP contribution is 2.38. The number of hydrogen-bond acceptors (Lipinski definition) is 6. The third kappa shape index (κ3) is 3.91. The minimum atomic E-state index is 0.561. The van der Waals surface area contributed by atoms with Crippen LogP contribution in [0.15, 0.2) is 11.4 Å². The first kappa shape index (κ1) is 14.3. The Bertz CT molecular complexity index is 606. The summed E-state index contributed by atoms with van der Waals surface area (Å²) in [5.41, 5.74) is 1.15. The highest BCUT2D eigenvalue weighted by Gasteiger charge is 2.27. The molecule has 0 atom stereocenters. The molecule has 0 aromatic carbocycles. The van der Waals surface area contributed by atoms with Crippen LogP contribution in [0.4, 0.5) is 11.6 Å². The number of nitrogens with one attached hydrogen (secondary N) is 2. The predicted octanol–water partition coefficient (Wildman–Crippen LogP) is 3.21. The second kappa shape index (κ2) is 6.39. The lowest BCUT2D eigenvalue weighted by molar-refractivity contribution is 0.907. The number of hydrogen-bond donors (Lipinski definition) is 2. The fraction of sp³-hybridized carbons (Fsp3) is 0.533. The van der Waals surface area contributed by atoms with Crippen LogP contribution in [0.5, 0.6) is 0 Å². The molecular weight excluding hydrogens is 282 g/mol. The van der Waals surface area contributed by atoms with Crippen molar-refractivity contribution in [3.05, 3.63) is 28.0 Å². The van der Waals surface area contributed by atoms with Crippen molar-refractivity contribution in [2.45, 2.75) is 39.0 Å². The number of aromatic nitrogens is 3. The van der Waals surface area contributed by atoms with E-state index in [2.05, 4.69) is 37.9 Å². The Morgan fingerprint density at radius 1 is 1.19 bits per heavy atom. The molecule has 6 heteroatoms. The van der Waals surface area contributed by atoms with Gasteiger partial charge in [-0.05, 0) is 26.7 Å². The zero-order chi connectivity index (χ0) is 14.7. The minimum Gasteiger partial charge on any atom is -0.370 e. The summed E-state index contributed by atoms with van der Waals surface area (Å²) >= 11 is 1.70. The highest BCUT2D eigenvalue weighted by atomic mass is 32.1. The van der Waals surface area contributed by atoms with Crippen molar-refractivity contribution < 1.29 is 0 Å². The number of aryl methyl sites for hydroxylation is 1. The molecule has 3 rings (SSSR count). The molecule has 0 spiro atoms. The molecule has 21 heavy (non-hydrogen) atoms. The number of rotatable bonds is 7. The molecule has 0 amide bonds. The van der Waals surface area contributed by atoms with Crippen molar-refractivity contribution in [3.63, 3.8) is 0 Å². The Kier molecular flexibility index (Phi) is 4.34. The van der Waals surface area contributed by atoms with E-state index < -0.39 is 0 Å². The van der Waals surface area contributed by atoms with Crippen LogP contribution >= 0.6 is 11.3 Å². The molecule has 1 aliphatic carbocycles. The summed E-state index contributed by atoms with van der Waals surface area (Å²) in [7, 11) is 0. The topological polar surface area (TPSA) is 62.7 Å². The van der Waals surface area contributed by atoms with Crippen LogP contribution in [0.1, 0.15) is 42.2 Å². The van der Waals surface area contributed by atoms with Crippen LogP contribution in [0.25, 0.3) is 0 Å². The minimum absolute atomic E-state index is 0.561. The standard InChI is InChI=1S/C15H21N5S/c1-3-16-13-8-14(20-15(19-13)11-4-5-11)17-7-6-12-9-21-10(2)18-12/h8-9,11H,3-7H2,1-2H3,(H2,16,17,19,20). The lowest BCUT2D eigenvalue weighted by atomic mass is 10.3. The quantitative estimate of drug-likeness (QED) is 0.822. The van der Waals surface area contributed by atoms with Crippen molar-refractivity contribution >= 4 is 23.0 Å². The van der Waals surface area contributed by atoms with E-state index in [0.717, 1.165) is 47.7 Å². The Balaban J connectivity index is 1.63. The summed E-state index contributed by atoms with van der Waals surface area (Å²) < 4.78 is 0. The molecule has 2 aromatic rings. The Labute approximate surface area is 129 Å². The van der Waals surface area contributed by atoms with Gasteiger partial charge in [0.1, 0.15) is 17.5 Å². The molecule has 2 N–H and O–H groups in total. The first-order chi connectivity index (χ1) is 10.2. The Morgan fingerprint density at radius 2 is 1.95 bits per heavy atom. The van der Waals surface area contributed by atoms with E-state index in [0.29, 0.717) is 5.92 Å². The number of thiazole rings is 1. The Morgan fingerprint density at radius 3 is 2.57 bits per heavy atom. The summed E-state index contributed by atoms with van der Waals surface area (Å²) in [6, 6.07) is 1.99. The average Bonchev–Trinajstić information content (AvgIpc) is 3.23. The van der Waals surface area contributed by atoms with Crippen molar-refractivity contribution in [3.8, 4) is 0 Å². The molecule has 1 fully saturated rings. The van der Waals surface area contributed by atoms with E-state index in [9.17, 15) is 0 Å². The summed E-state index contributed by atoms with van der Waals surface area (Å²) in [4.78, 5) is 13.7. The second-order valence-electron chi connectivity index (χ2n) is 5.34. The van der Waals surface area contributed by atoms with Crippen LogP contribution in [-0.2, 0) is 6.42 Å². The molecule has 2 heterocycles. The van der Waals surface area contributed by atoms with Gasteiger partial charge in [0, 0.05) is 36.9 Å². The van der Waals surface area contributed by atoms with E-state index in [1.165, 1.54) is 12.8 Å². The summed E-state index contributed by atoms with van der Waals surface area (Å²) in [5, 5.41) is 9.92. The van der Waals surface area contributed by atoms with Gasteiger partial charge in [-0.1, -0.05) is 0 Å². The molecule has 1 saturated carbocycles. The van der Waals surface area contributed by atoms with Crippen molar-refractivity contribution in [1.82, 2.24) is 15.0 Å². The van der Waals surface area contributed by atoms with Crippen LogP contribution in [0.2, 0.25) is 0 Å². The molecule has 2 aromatic heterocycles. The monoisotopic (exact) mass is 303 g/mol. The molecule has 0 radical (unpaired) electrons. The van der Waals surface area contributed by atoms with E-state index in [1.807, 2.05) is 13.0 Å². The summed E-state index contributed by atoms with van der Waals surface area (Å²) in [6.07, 6.45) is 3.35. The van der Waals surface area contributed by atoms with Crippen LogP contribution in [0.3, 0.4) is 0 Å². The lowest BCUT2D eigenvalue weighted by Crippen LogP contribution is -2.10. The van der Waals surface area contributed by atoms with E-state index in [4.69, 9.17) is 0 Å². The van der Waals surface area contributed by atoms with Crippen LogP contribution < -0.4 is 10.6 Å². The van der Waals surface area contributed by atoms with E-state index >= 15 is 0 Å². The first-order valence-electron chi connectivity index (χ1n) is 7.52. The molecule has 0 unspecified atom stereocenters. The molecule has 0 aliphatic heterocycles. The fourth-order valence-electron chi connectivity index (χ4n) is 2.19. The molecule has 1 aliphatic rings.